The fourth-order valence-electron chi connectivity index (χ4n) is 1.60. The van der Waals surface area contributed by atoms with Crippen LogP contribution in [-0.4, -0.2) is 48.5 Å². The van der Waals surface area contributed by atoms with E-state index in [1.807, 2.05) is 0 Å². The van der Waals surface area contributed by atoms with E-state index < -0.39 is 5.54 Å². The lowest BCUT2D eigenvalue weighted by molar-refractivity contribution is 0.147. The molecule has 0 unspecified atom stereocenters. The second kappa shape index (κ2) is 4.39. The summed E-state index contributed by atoms with van der Waals surface area (Å²) in [4.78, 5) is 15.6. The molecule has 8 nitrogen and oxygen atoms in total. The first-order valence-electron chi connectivity index (χ1n) is 5.44. The van der Waals surface area contributed by atoms with E-state index >= 15 is 0 Å². The minimum Gasteiger partial charge on any atom is -0.394 e. The number of fused-ring (bicyclic) bond motifs is 1. The van der Waals surface area contributed by atoms with E-state index in [-0.39, 0.29) is 18.9 Å². The minimum atomic E-state index is -0.881. The van der Waals surface area contributed by atoms with Crippen LogP contribution in [0.4, 0.5) is 5.82 Å². The molecule has 0 spiro atoms. The minimum absolute atomic E-state index is 0.247. The number of nitrogens with one attached hydrogen (secondary N) is 2. The fourth-order valence-corrected chi connectivity index (χ4v) is 1.60. The Morgan fingerprint density at radius 2 is 2.17 bits per heavy atom. The first-order chi connectivity index (χ1) is 8.49. The summed E-state index contributed by atoms with van der Waals surface area (Å²) in [5.41, 5.74) is -0.809. The summed E-state index contributed by atoms with van der Waals surface area (Å²) in [6.07, 6.45) is 0. The van der Waals surface area contributed by atoms with Gasteiger partial charge in [-0.2, -0.15) is 5.10 Å². The van der Waals surface area contributed by atoms with Gasteiger partial charge in [0.25, 0.3) is 0 Å². The number of aryl methyl sites for hydroxylation is 1. The van der Waals surface area contributed by atoms with Gasteiger partial charge in [0.1, 0.15) is 11.6 Å². The van der Waals surface area contributed by atoms with Crippen LogP contribution in [0.15, 0.2) is 10.9 Å². The zero-order chi connectivity index (χ0) is 13.3. The van der Waals surface area contributed by atoms with Crippen molar-refractivity contribution in [3.63, 3.8) is 0 Å². The highest BCUT2D eigenvalue weighted by Gasteiger charge is 2.23. The van der Waals surface area contributed by atoms with Crippen LogP contribution in [0, 0.1) is 6.92 Å². The molecule has 0 aromatic carbocycles. The second-order valence-corrected chi connectivity index (χ2v) is 4.41. The van der Waals surface area contributed by atoms with E-state index in [2.05, 4.69) is 20.5 Å². The molecule has 0 aliphatic heterocycles. The van der Waals surface area contributed by atoms with Gasteiger partial charge in [-0.3, -0.25) is 0 Å². The van der Waals surface area contributed by atoms with Crippen molar-refractivity contribution >= 4 is 11.5 Å². The number of nitrogens with zero attached hydrogens (tertiary/aromatic N) is 3. The standard InChI is InChI=1S/C10H15N5O3/c1-6-11-7(12-10(2,4-16)5-17)3-8-13-14-9(18)15(6)8/h3,12,16-17H,4-5H2,1-2H3,(H,14,18). The average molecular weight is 253 g/mol. The van der Waals surface area contributed by atoms with E-state index in [0.717, 1.165) is 0 Å². The van der Waals surface area contributed by atoms with Gasteiger partial charge in [-0.15, -0.1) is 0 Å². The Morgan fingerprint density at radius 3 is 2.78 bits per heavy atom. The van der Waals surface area contributed by atoms with Crippen molar-refractivity contribution in [1.82, 2.24) is 19.6 Å². The molecule has 18 heavy (non-hydrogen) atoms. The third-order valence-corrected chi connectivity index (χ3v) is 2.70. The van der Waals surface area contributed by atoms with Crippen LogP contribution < -0.4 is 11.0 Å². The van der Waals surface area contributed by atoms with Crippen LogP contribution >= 0.6 is 0 Å². The third-order valence-electron chi connectivity index (χ3n) is 2.70. The number of anilines is 1. The monoisotopic (exact) mass is 253 g/mol. The highest BCUT2D eigenvalue weighted by atomic mass is 16.3. The summed E-state index contributed by atoms with van der Waals surface area (Å²) < 4.78 is 1.33. The van der Waals surface area contributed by atoms with Crippen LogP contribution in [0.1, 0.15) is 12.7 Å². The Morgan fingerprint density at radius 1 is 1.50 bits per heavy atom. The predicted octanol–water partition coefficient (Wildman–Crippen LogP) is -1.12. The molecule has 8 heteroatoms. The zero-order valence-corrected chi connectivity index (χ0v) is 10.1. The average Bonchev–Trinajstić information content (AvgIpc) is 2.71. The Balaban J connectivity index is 2.44. The lowest BCUT2D eigenvalue weighted by Crippen LogP contribution is -2.42. The lowest BCUT2D eigenvalue weighted by atomic mass is 10.1. The summed E-state index contributed by atoms with van der Waals surface area (Å²) in [5, 5.41) is 27.5. The quantitative estimate of drug-likeness (QED) is 0.548. The van der Waals surface area contributed by atoms with Gasteiger partial charge in [-0.05, 0) is 13.8 Å². The smallest absolute Gasteiger partial charge is 0.349 e. The molecule has 0 aliphatic carbocycles. The van der Waals surface area contributed by atoms with E-state index in [1.165, 1.54) is 4.40 Å². The van der Waals surface area contributed by atoms with Gasteiger partial charge in [0.05, 0.1) is 18.8 Å². The summed E-state index contributed by atoms with van der Waals surface area (Å²) >= 11 is 0. The number of aromatic amines is 1. The topological polar surface area (TPSA) is 116 Å². The second-order valence-electron chi connectivity index (χ2n) is 4.41. The van der Waals surface area contributed by atoms with Crippen LogP contribution in [0.5, 0.6) is 0 Å². The van der Waals surface area contributed by atoms with Gasteiger partial charge >= 0.3 is 5.69 Å². The number of aliphatic hydroxyl groups excluding tert-OH is 2. The predicted molar refractivity (Wildman–Crippen MR) is 64.5 cm³/mol. The maximum absolute atomic E-state index is 11.4. The number of hydrogen-bond acceptors (Lipinski definition) is 6. The van der Waals surface area contributed by atoms with Crippen molar-refractivity contribution in [3.8, 4) is 0 Å². The highest BCUT2D eigenvalue weighted by Crippen LogP contribution is 2.14. The van der Waals surface area contributed by atoms with E-state index in [9.17, 15) is 15.0 Å². The molecule has 0 saturated carbocycles. The summed E-state index contributed by atoms with van der Waals surface area (Å²) in [5.74, 6) is 0.900. The number of H-pyrrole nitrogens is 1. The van der Waals surface area contributed by atoms with Crippen molar-refractivity contribution in [2.45, 2.75) is 19.4 Å². The van der Waals surface area contributed by atoms with Gasteiger partial charge in [-0.1, -0.05) is 0 Å². The number of rotatable bonds is 4. The highest BCUT2D eigenvalue weighted by molar-refractivity contribution is 5.50. The van der Waals surface area contributed by atoms with Crippen LogP contribution in [0.25, 0.3) is 5.65 Å². The first kappa shape index (κ1) is 12.5. The maximum atomic E-state index is 11.4. The Bertz CT molecular complexity index is 613. The van der Waals surface area contributed by atoms with E-state index in [0.29, 0.717) is 17.3 Å². The van der Waals surface area contributed by atoms with E-state index in [4.69, 9.17) is 0 Å². The molecule has 2 heterocycles. The normalized spacial score (nSPS) is 12.0. The van der Waals surface area contributed by atoms with Crippen molar-refractivity contribution in [1.29, 1.82) is 0 Å². The molecular formula is C10H15N5O3. The molecule has 2 rings (SSSR count). The number of aliphatic hydroxyl groups is 2. The molecule has 2 aromatic heterocycles. The van der Waals surface area contributed by atoms with Crippen molar-refractivity contribution in [3.05, 3.63) is 22.4 Å². The number of hydrogen-bond donors (Lipinski definition) is 4. The third kappa shape index (κ3) is 2.07. The van der Waals surface area contributed by atoms with Gasteiger partial charge in [-0.25, -0.2) is 19.3 Å². The lowest BCUT2D eigenvalue weighted by Gasteiger charge is -2.26. The van der Waals surface area contributed by atoms with Crippen LogP contribution in [0.2, 0.25) is 0 Å². The Labute approximate surface area is 102 Å². The Kier molecular flexibility index (Phi) is 3.05. The largest absolute Gasteiger partial charge is 0.394 e. The fraction of sp³-hybridized carbons (Fsp3) is 0.500. The van der Waals surface area contributed by atoms with Gasteiger partial charge in [0.15, 0.2) is 5.65 Å². The van der Waals surface area contributed by atoms with Crippen molar-refractivity contribution < 1.29 is 10.2 Å². The van der Waals surface area contributed by atoms with Crippen LogP contribution in [0.3, 0.4) is 0 Å². The summed E-state index contributed by atoms with van der Waals surface area (Å²) in [6.45, 7) is 2.83. The van der Waals surface area contributed by atoms with Crippen molar-refractivity contribution in [2.75, 3.05) is 18.5 Å². The van der Waals surface area contributed by atoms with E-state index in [1.54, 1.807) is 19.9 Å². The number of aromatic nitrogens is 4. The molecule has 2 aromatic rings. The maximum Gasteiger partial charge on any atom is 0.349 e. The first-order valence-corrected chi connectivity index (χ1v) is 5.44. The molecule has 0 amide bonds. The zero-order valence-electron chi connectivity index (χ0n) is 10.1. The molecule has 0 atom stereocenters. The van der Waals surface area contributed by atoms with Crippen molar-refractivity contribution in [2.24, 2.45) is 0 Å². The molecule has 0 aliphatic rings. The molecule has 0 fully saturated rings. The van der Waals surface area contributed by atoms with Gasteiger partial charge in [0, 0.05) is 6.07 Å². The summed E-state index contributed by atoms with van der Waals surface area (Å²) in [7, 11) is 0. The SMILES string of the molecule is Cc1nc(NC(C)(CO)CO)cc2n[nH]c(=O)n12. The van der Waals surface area contributed by atoms with Crippen LogP contribution in [-0.2, 0) is 0 Å². The Hall–Kier alpha value is -1.93. The molecular weight excluding hydrogens is 238 g/mol. The van der Waals surface area contributed by atoms with Gasteiger partial charge in [0.2, 0.25) is 0 Å². The molecule has 4 N–H and O–H groups in total. The molecule has 0 saturated heterocycles. The molecule has 98 valence electrons. The summed E-state index contributed by atoms with van der Waals surface area (Å²) in [6, 6.07) is 1.56. The van der Waals surface area contributed by atoms with Gasteiger partial charge < -0.3 is 15.5 Å². The molecule has 0 bridgehead atoms. The molecule has 0 radical (unpaired) electrons.